The van der Waals surface area contributed by atoms with E-state index in [2.05, 4.69) is 20.5 Å². The molecule has 0 amide bonds. The number of alkyl halides is 4. The summed E-state index contributed by atoms with van der Waals surface area (Å²) in [4.78, 5) is 18.5. The lowest BCUT2D eigenvalue weighted by atomic mass is 9.96. The third-order valence-electron chi connectivity index (χ3n) is 6.94. The zero-order valence-corrected chi connectivity index (χ0v) is 19.1. The molecule has 35 heavy (non-hydrogen) atoms. The molecule has 0 spiro atoms. The number of halogens is 4. The second-order valence-corrected chi connectivity index (χ2v) is 9.23. The molecule has 2 saturated heterocycles. The molecule has 2 unspecified atom stereocenters. The highest BCUT2D eigenvalue weighted by molar-refractivity contribution is 5.86. The number of hydrogen-bond donors (Lipinski definition) is 2. The normalized spacial score (nSPS) is 24.2. The molecule has 2 bridgehead atoms. The van der Waals surface area contributed by atoms with Crippen LogP contribution >= 0.6 is 0 Å². The first-order chi connectivity index (χ1) is 16.5. The summed E-state index contributed by atoms with van der Waals surface area (Å²) < 4.78 is 54.0. The number of piperidine rings is 1. The summed E-state index contributed by atoms with van der Waals surface area (Å²) >= 11 is 0. The van der Waals surface area contributed by atoms with Gasteiger partial charge in [-0.05, 0) is 50.5 Å². The molecular formula is C23H24F4N6O2. The van der Waals surface area contributed by atoms with E-state index in [1.807, 2.05) is 0 Å². The Morgan fingerprint density at radius 1 is 1.23 bits per heavy atom. The number of phenolic OH excluding ortho intramolecular Hbond substituents is 1. The first kappa shape index (κ1) is 23.5. The number of nitrogens with zero attached hydrogens (tertiary/aromatic N) is 5. The average molecular weight is 492 g/mol. The van der Waals surface area contributed by atoms with Crippen molar-refractivity contribution in [1.29, 1.82) is 0 Å². The van der Waals surface area contributed by atoms with Gasteiger partial charge in [0, 0.05) is 24.7 Å². The minimum Gasteiger partial charge on any atom is -0.507 e. The molecule has 0 radical (unpaired) electrons. The summed E-state index contributed by atoms with van der Waals surface area (Å²) in [5, 5.41) is 22.1. The fourth-order valence-electron chi connectivity index (χ4n) is 5.11. The van der Waals surface area contributed by atoms with Crippen molar-refractivity contribution in [2.24, 2.45) is 0 Å². The largest absolute Gasteiger partial charge is 0.507 e. The third kappa shape index (κ3) is 4.30. The van der Waals surface area contributed by atoms with Crippen molar-refractivity contribution in [2.45, 2.75) is 63.2 Å². The van der Waals surface area contributed by atoms with Crippen LogP contribution in [0, 0.1) is 6.92 Å². The fourth-order valence-corrected chi connectivity index (χ4v) is 5.11. The molecule has 0 aliphatic carbocycles. The summed E-state index contributed by atoms with van der Waals surface area (Å²) in [6.07, 6.45) is -3.18. The number of phenols is 1. The second-order valence-electron chi connectivity index (χ2n) is 9.23. The molecule has 4 heterocycles. The molecule has 2 aromatic heterocycles. The van der Waals surface area contributed by atoms with Crippen molar-refractivity contribution < 1.29 is 22.7 Å². The summed E-state index contributed by atoms with van der Waals surface area (Å²) in [5.74, 6) is 0.0381. The predicted octanol–water partition coefficient (Wildman–Crippen LogP) is 3.10. The molecule has 1 aromatic carbocycles. The van der Waals surface area contributed by atoms with E-state index in [1.165, 1.54) is 13.0 Å². The molecule has 0 saturated carbocycles. The van der Waals surface area contributed by atoms with E-state index in [-0.39, 0.29) is 51.9 Å². The monoisotopic (exact) mass is 492 g/mol. The summed E-state index contributed by atoms with van der Waals surface area (Å²) in [6.45, 7) is -0.156. The number of benzene rings is 1. The van der Waals surface area contributed by atoms with Gasteiger partial charge in [-0.2, -0.15) is 13.2 Å². The molecule has 186 valence electrons. The Labute approximate surface area is 197 Å². The van der Waals surface area contributed by atoms with Crippen LogP contribution in [0.15, 0.2) is 29.1 Å². The van der Waals surface area contributed by atoms with Crippen molar-refractivity contribution in [3.05, 3.63) is 40.4 Å². The van der Waals surface area contributed by atoms with Crippen LogP contribution < -0.4 is 15.8 Å². The van der Waals surface area contributed by atoms with Crippen molar-refractivity contribution in [3.63, 3.8) is 0 Å². The van der Waals surface area contributed by atoms with Crippen LogP contribution in [0.3, 0.4) is 0 Å². The molecular weight excluding hydrogens is 468 g/mol. The van der Waals surface area contributed by atoms with Gasteiger partial charge in [0.05, 0.1) is 22.6 Å². The lowest BCUT2D eigenvalue weighted by molar-refractivity contribution is -0.141. The Kier molecular flexibility index (Phi) is 5.65. The number of rotatable bonds is 4. The van der Waals surface area contributed by atoms with E-state index in [1.54, 1.807) is 24.1 Å². The van der Waals surface area contributed by atoms with Gasteiger partial charge in [0.1, 0.15) is 24.3 Å². The van der Waals surface area contributed by atoms with E-state index >= 15 is 0 Å². The predicted molar refractivity (Wildman–Crippen MR) is 121 cm³/mol. The van der Waals surface area contributed by atoms with E-state index in [0.29, 0.717) is 16.8 Å². The van der Waals surface area contributed by atoms with Gasteiger partial charge in [0.15, 0.2) is 5.82 Å². The van der Waals surface area contributed by atoms with Gasteiger partial charge in [-0.3, -0.25) is 9.36 Å². The zero-order valence-electron chi connectivity index (χ0n) is 19.1. The Morgan fingerprint density at radius 3 is 2.69 bits per heavy atom. The molecule has 2 aliphatic rings. The Morgan fingerprint density at radius 2 is 2.00 bits per heavy atom. The molecule has 8 nitrogen and oxygen atoms in total. The van der Waals surface area contributed by atoms with Gasteiger partial charge < -0.3 is 15.3 Å². The van der Waals surface area contributed by atoms with E-state index < -0.39 is 24.5 Å². The van der Waals surface area contributed by atoms with Gasteiger partial charge in [-0.25, -0.2) is 9.37 Å². The first-order valence-electron chi connectivity index (χ1n) is 11.3. The molecule has 4 atom stereocenters. The fraction of sp³-hybridized carbons (Fsp3) is 0.478. The van der Waals surface area contributed by atoms with Crippen molar-refractivity contribution in [3.8, 4) is 17.0 Å². The number of anilines is 1. The molecule has 2 fully saturated rings. The topological polar surface area (TPSA) is 96.2 Å². The van der Waals surface area contributed by atoms with E-state index in [4.69, 9.17) is 0 Å². The van der Waals surface area contributed by atoms with Crippen molar-refractivity contribution in [1.82, 2.24) is 25.1 Å². The number of fused-ring (bicyclic) bond motifs is 3. The average Bonchev–Trinajstić information content (AvgIpc) is 3.22. The van der Waals surface area contributed by atoms with Crippen LogP contribution in [-0.2, 0) is 6.54 Å². The van der Waals surface area contributed by atoms with Gasteiger partial charge in [0.25, 0.3) is 5.56 Å². The SMILES string of the molecule is Cc1nc2cc(-c3ccc(N(C)[C@@H]4CC5CCC(N5)[C@@H]4F)nn3)c(O)cc2c(=O)n1CC(F)(F)F. The Hall–Kier alpha value is -3.28. The third-order valence-corrected chi connectivity index (χ3v) is 6.94. The smallest absolute Gasteiger partial charge is 0.406 e. The van der Waals surface area contributed by atoms with Crippen LogP contribution in [0.4, 0.5) is 23.4 Å². The van der Waals surface area contributed by atoms with Gasteiger partial charge in [-0.15, -0.1) is 10.2 Å². The number of hydrogen-bond acceptors (Lipinski definition) is 7. The van der Waals surface area contributed by atoms with Crippen LogP contribution in [0.2, 0.25) is 0 Å². The van der Waals surface area contributed by atoms with Crippen LogP contribution in [0.1, 0.15) is 25.1 Å². The quantitative estimate of drug-likeness (QED) is 0.541. The summed E-state index contributed by atoms with van der Waals surface area (Å²) in [7, 11) is 1.78. The van der Waals surface area contributed by atoms with Crippen molar-refractivity contribution in [2.75, 3.05) is 11.9 Å². The second kappa shape index (κ2) is 8.43. The molecule has 2 N–H and O–H groups in total. The minimum absolute atomic E-state index is 0.101. The lowest BCUT2D eigenvalue weighted by Crippen LogP contribution is -2.55. The van der Waals surface area contributed by atoms with Gasteiger partial charge in [-0.1, -0.05) is 0 Å². The Bertz CT molecular complexity index is 1330. The minimum atomic E-state index is -4.59. The maximum atomic E-state index is 14.9. The zero-order chi connectivity index (χ0) is 25.1. The van der Waals surface area contributed by atoms with E-state index in [9.17, 15) is 27.5 Å². The highest BCUT2D eigenvalue weighted by Crippen LogP contribution is 2.34. The highest BCUT2D eigenvalue weighted by Gasteiger charge is 2.43. The van der Waals surface area contributed by atoms with Crippen molar-refractivity contribution >= 4 is 16.7 Å². The molecule has 5 rings (SSSR count). The highest BCUT2D eigenvalue weighted by atomic mass is 19.4. The molecule has 12 heteroatoms. The van der Waals surface area contributed by atoms with Crippen LogP contribution in [0.5, 0.6) is 5.75 Å². The molecule has 3 aromatic rings. The summed E-state index contributed by atoms with van der Waals surface area (Å²) in [5.41, 5.74) is -0.261. The van der Waals surface area contributed by atoms with Gasteiger partial charge in [0.2, 0.25) is 0 Å². The van der Waals surface area contributed by atoms with E-state index in [0.717, 1.165) is 18.9 Å². The van der Waals surface area contributed by atoms with Crippen LogP contribution in [0.25, 0.3) is 22.2 Å². The molecule has 2 aliphatic heterocycles. The maximum absolute atomic E-state index is 14.9. The number of aryl methyl sites for hydroxylation is 1. The lowest BCUT2D eigenvalue weighted by Gasteiger charge is -2.38. The first-order valence-corrected chi connectivity index (χ1v) is 11.3. The van der Waals surface area contributed by atoms with Gasteiger partial charge >= 0.3 is 6.18 Å². The van der Waals surface area contributed by atoms with Crippen LogP contribution in [-0.4, -0.2) is 62.4 Å². The number of aromatic nitrogens is 4. The summed E-state index contributed by atoms with van der Waals surface area (Å²) in [6, 6.07) is 5.58. The number of aromatic hydroxyl groups is 1. The Balaban J connectivity index is 1.45. The number of nitrogens with one attached hydrogen (secondary N) is 1. The standard InChI is InChI=1S/C23H24F4N6O2/c1-11-28-17-8-13(19(34)9-14(17)22(35)33(11)10-23(25,26)27)15-5-6-20(31-30-15)32(2)18-7-12-3-4-16(29-12)21(18)24/h5-6,8-9,12,16,18,21,29,34H,3-4,7,10H2,1-2H3/t12?,16?,18-,21+/m1/s1. The maximum Gasteiger partial charge on any atom is 0.406 e.